The molecule has 0 unspecified atom stereocenters. The number of nitrogens with one attached hydrogen (secondary N) is 1. The van der Waals surface area contributed by atoms with Crippen LogP contribution in [0.5, 0.6) is 0 Å². The van der Waals surface area contributed by atoms with Crippen molar-refractivity contribution in [1.29, 1.82) is 5.26 Å². The molecule has 0 aliphatic rings. The van der Waals surface area contributed by atoms with Gasteiger partial charge in [0.1, 0.15) is 0 Å². The molecule has 0 radical (unpaired) electrons. The molecule has 1 heterocycles. The van der Waals surface area contributed by atoms with Crippen LogP contribution in [0, 0.1) is 11.3 Å². The molecule has 0 atom stereocenters. The Bertz CT molecular complexity index is 679. The monoisotopic (exact) mass is 364 g/mol. The molecule has 8 heteroatoms. The first-order valence-corrected chi connectivity index (χ1v) is 9.85. The Hall–Kier alpha value is -1.56. The largest absolute Gasteiger partial charge is 0.355 e. The van der Waals surface area contributed by atoms with Crippen LogP contribution in [-0.2, 0) is 10.5 Å². The average molecular weight is 365 g/mol. The number of benzene rings is 1. The summed E-state index contributed by atoms with van der Waals surface area (Å²) in [5.41, 5.74) is 1.80. The predicted octanol–water partition coefficient (Wildman–Crippen LogP) is 3.32. The molecule has 0 aliphatic heterocycles. The second-order valence-corrected chi connectivity index (χ2v) is 7.99. The van der Waals surface area contributed by atoms with Crippen LogP contribution in [0.25, 0.3) is 0 Å². The summed E-state index contributed by atoms with van der Waals surface area (Å²) in [6, 6.07) is 9.62. The zero-order chi connectivity index (χ0) is 16.5. The van der Waals surface area contributed by atoms with Gasteiger partial charge in [-0.2, -0.15) is 5.26 Å². The molecule has 23 heavy (non-hydrogen) atoms. The van der Waals surface area contributed by atoms with Crippen molar-refractivity contribution in [2.45, 2.75) is 27.8 Å². The van der Waals surface area contributed by atoms with E-state index in [1.54, 1.807) is 11.8 Å². The first-order valence-electron chi connectivity index (χ1n) is 7.06. The van der Waals surface area contributed by atoms with E-state index in [4.69, 9.17) is 5.26 Å². The maximum absolute atomic E-state index is 11.5. The third-order valence-corrected chi connectivity index (χ3v) is 5.99. The van der Waals surface area contributed by atoms with E-state index < -0.39 is 0 Å². The van der Waals surface area contributed by atoms with Crippen LogP contribution in [-0.4, -0.2) is 28.4 Å². The molecule has 1 aromatic carbocycles. The van der Waals surface area contributed by atoms with E-state index in [9.17, 15) is 4.79 Å². The first-order chi connectivity index (χ1) is 11.2. The van der Waals surface area contributed by atoms with Crippen LogP contribution < -0.4 is 5.32 Å². The number of hydrogen-bond donors (Lipinski definition) is 1. The predicted molar refractivity (Wildman–Crippen MR) is 94.7 cm³/mol. The molecule has 0 saturated heterocycles. The lowest BCUT2D eigenvalue weighted by molar-refractivity contribution is -0.118. The van der Waals surface area contributed by atoms with Crippen molar-refractivity contribution >= 4 is 40.8 Å². The fourth-order valence-electron chi connectivity index (χ4n) is 1.58. The number of nitrogens with zero attached hydrogens (tertiary/aromatic N) is 3. The van der Waals surface area contributed by atoms with Crippen LogP contribution in [0.3, 0.4) is 0 Å². The highest BCUT2D eigenvalue weighted by Gasteiger charge is 2.08. The van der Waals surface area contributed by atoms with Gasteiger partial charge >= 0.3 is 0 Å². The fourth-order valence-corrected chi connectivity index (χ4v) is 4.38. The first kappa shape index (κ1) is 17.8. The molecule has 0 saturated carbocycles. The topological polar surface area (TPSA) is 78.7 Å². The summed E-state index contributed by atoms with van der Waals surface area (Å²) in [5.74, 6) is 1.18. The standard InChI is InChI=1S/C15H16N4OS3/c1-2-7-17-13(20)10-22-15-19-18-14(23-15)21-9-12-5-3-11(8-16)4-6-12/h3-6H,2,7,9-10H2,1H3,(H,17,20). The fraction of sp³-hybridized carbons (Fsp3) is 0.333. The molecule has 0 spiro atoms. The second-order valence-electron chi connectivity index (χ2n) is 4.57. The maximum Gasteiger partial charge on any atom is 0.230 e. The van der Waals surface area contributed by atoms with Gasteiger partial charge < -0.3 is 5.32 Å². The number of carbonyl (C=O) groups is 1. The summed E-state index contributed by atoms with van der Waals surface area (Å²) in [5, 5.41) is 19.8. The van der Waals surface area contributed by atoms with Gasteiger partial charge in [0.05, 0.1) is 17.4 Å². The van der Waals surface area contributed by atoms with Gasteiger partial charge in [0, 0.05) is 12.3 Å². The van der Waals surface area contributed by atoms with Gasteiger partial charge in [0.25, 0.3) is 0 Å². The van der Waals surface area contributed by atoms with Gasteiger partial charge in [0.15, 0.2) is 8.68 Å². The number of aromatic nitrogens is 2. The molecule has 2 rings (SSSR count). The summed E-state index contributed by atoms with van der Waals surface area (Å²) in [7, 11) is 0. The SMILES string of the molecule is CCCNC(=O)CSc1nnc(SCc2ccc(C#N)cc2)s1. The molecular weight excluding hydrogens is 348 g/mol. The minimum atomic E-state index is 0.0267. The molecule has 120 valence electrons. The molecule has 2 aromatic rings. The number of nitriles is 1. The Morgan fingerprint density at radius 3 is 2.61 bits per heavy atom. The van der Waals surface area contributed by atoms with Gasteiger partial charge in [-0.1, -0.05) is 53.9 Å². The number of amides is 1. The summed E-state index contributed by atoms with van der Waals surface area (Å²) in [4.78, 5) is 11.5. The summed E-state index contributed by atoms with van der Waals surface area (Å²) in [6.45, 7) is 2.73. The smallest absolute Gasteiger partial charge is 0.230 e. The van der Waals surface area contributed by atoms with E-state index in [1.165, 1.54) is 23.1 Å². The van der Waals surface area contributed by atoms with Gasteiger partial charge in [0.2, 0.25) is 5.91 Å². The van der Waals surface area contributed by atoms with E-state index in [0.717, 1.165) is 26.4 Å². The van der Waals surface area contributed by atoms with Gasteiger partial charge in [-0.25, -0.2) is 0 Å². The zero-order valence-corrected chi connectivity index (χ0v) is 15.1. The van der Waals surface area contributed by atoms with Crippen molar-refractivity contribution in [2.75, 3.05) is 12.3 Å². The molecule has 1 aromatic heterocycles. The van der Waals surface area contributed by atoms with Gasteiger partial charge in [-0.05, 0) is 24.1 Å². The van der Waals surface area contributed by atoms with Crippen molar-refractivity contribution in [1.82, 2.24) is 15.5 Å². The number of thioether (sulfide) groups is 2. The van der Waals surface area contributed by atoms with E-state index in [0.29, 0.717) is 17.9 Å². The Balaban J connectivity index is 1.78. The molecule has 0 aliphatic carbocycles. The molecule has 1 N–H and O–H groups in total. The second kappa shape index (κ2) is 9.55. The van der Waals surface area contributed by atoms with Crippen molar-refractivity contribution < 1.29 is 4.79 Å². The van der Waals surface area contributed by atoms with Crippen LogP contribution in [0.2, 0.25) is 0 Å². The minimum Gasteiger partial charge on any atom is -0.355 e. The highest BCUT2D eigenvalue weighted by atomic mass is 32.2. The minimum absolute atomic E-state index is 0.0267. The Morgan fingerprint density at radius 2 is 1.96 bits per heavy atom. The summed E-state index contributed by atoms with van der Waals surface area (Å²) in [6.07, 6.45) is 0.936. The zero-order valence-electron chi connectivity index (χ0n) is 12.6. The lowest BCUT2D eigenvalue weighted by Gasteiger charge is -2.00. The van der Waals surface area contributed by atoms with E-state index in [-0.39, 0.29) is 5.91 Å². The highest BCUT2D eigenvalue weighted by molar-refractivity contribution is 8.03. The van der Waals surface area contributed by atoms with Crippen molar-refractivity contribution in [3.63, 3.8) is 0 Å². The van der Waals surface area contributed by atoms with Crippen LogP contribution >= 0.6 is 34.9 Å². The molecular formula is C15H16N4OS3. The van der Waals surface area contributed by atoms with Crippen LogP contribution in [0.4, 0.5) is 0 Å². The molecule has 1 amide bonds. The van der Waals surface area contributed by atoms with Crippen molar-refractivity contribution in [3.05, 3.63) is 35.4 Å². The number of carbonyl (C=O) groups excluding carboxylic acids is 1. The Morgan fingerprint density at radius 1 is 1.26 bits per heavy atom. The number of hydrogen-bond acceptors (Lipinski definition) is 7. The molecule has 0 fully saturated rings. The third kappa shape index (κ3) is 6.22. The summed E-state index contributed by atoms with van der Waals surface area (Å²) < 4.78 is 1.69. The molecule has 5 nitrogen and oxygen atoms in total. The lowest BCUT2D eigenvalue weighted by atomic mass is 10.2. The quantitative estimate of drug-likeness (QED) is 0.724. The maximum atomic E-state index is 11.5. The number of rotatable bonds is 8. The highest BCUT2D eigenvalue weighted by Crippen LogP contribution is 2.30. The Kier molecular flexibility index (Phi) is 7.39. The average Bonchev–Trinajstić information content (AvgIpc) is 3.04. The van der Waals surface area contributed by atoms with E-state index in [1.807, 2.05) is 31.2 Å². The summed E-state index contributed by atoms with van der Waals surface area (Å²) >= 11 is 4.51. The molecule has 0 bridgehead atoms. The van der Waals surface area contributed by atoms with Gasteiger partial charge in [-0.15, -0.1) is 10.2 Å². The lowest BCUT2D eigenvalue weighted by Crippen LogP contribution is -2.25. The Labute approximate surface area is 147 Å². The van der Waals surface area contributed by atoms with Crippen molar-refractivity contribution in [3.8, 4) is 6.07 Å². The van der Waals surface area contributed by atoms with Crippen LogP contribution in [0.15, 0.2) is 32.9 Å². The van der Waals surface area contributed by atoms with E-state index >= 15 is 0 Å². The van der Waals surface area contributed by atoms with E-state index in [2.05, 4.69) is 21.6 Å². The van der Waals surface area contributed by atoms with Gasteiger partial charge in [-0.3, -0.25) is 4.79 Å². The third-order valence-electron chi connectivity index (χ3n) is 2.73. The normalized spacial score (nSPS) is 10.3. The van der Waals surface area contributed by atoms with Crippen LogP contribution in [0.1, 0.15) is 24.5 Å². The van der Waals surface area contributed by atoms with Crippen molar-refractivity contribution in [2.24, 2.45) is 0 Å².